The Bertz CT molecular complexity index is 339. The van der Waals surface area contributed by atoms with E-state index in [9.17, 15) is 10.1 Å². The molecule has 70 valence electrons. The van der Waals surface area contributed by atoms with Crippen LogP contribution in [0.2, 0.25) is 0 Å². The molecule has 0 unspecified atom stereocenters. The second-order valence-corrected chi connectivity index (χ2v) is 3.91. The van der Waals surface area contributed by atoms with Crippen molar-refractivity contribution in [1.29, 1.82) is 0 Å². The van der Waals surface area contributed by atoms with Crippen LogP contribution in [0.1, 0.15) is 18.5 Å². The van der Waals surface area contributed by atoms with Gasteiger partial charge in [-0.2, -0.15) is 0 Å². The predicted molar refractivity (Wildman–Crippen MR) is 58.4 cm³/mol. The van der Waals surface area contributed by atoms with Crippen LogP contribution < -0.4 is 5.73 Å². The smallest absolute Gasteiger partial charge is 0.270 e. The van der Waals surface area contributed by atoms with Crippen molar-refractivity contribution in [3.05, 3.63) is 37.4 Å². The summed E-state index contributed by atoms with van der Waals surface area (Å²) in [4.78, 5) is 10.00. The molecule has 0 bridgehead atoms. The Morgan fingerprint density at radius 3 is 2.62 bits per heavy atom. The fraction of sp³-hybridized carbons (Fsp3) is 0.250. The van der Waals surface area contributed by atoms with Gasteiger partial charge in [-0.25, -0.2) is 0 Å². The number of nitro benzene ring substituents is 1. The molecule has 0 aliphatic rings. The van der Waals surface area contributed by atoms with E-state index in [1.165, 1.54) is 12.1 Å². The lowest BCUT2D eigenvalue weighted by Crippen LogP contribution is -2.07. The summed E-state index contributed by atoms with van der Waals surface area (Å²) in [7, 11) is 0. The van der Waals surface area contributed by atoms with Crippen molar-refractivity contribution < 1.29 is 4.92 Å². The summed E-state index contributed by atoms with van der Waals surface area (Å²) in [5.41, 5.74) is 6.71. The van der Waals surface area contributed by atoms with E-state index in [0.29, 0.717) is 0 Å². The Hall–Kier alpha value is -0.690. The Kier molecular flexibility index (Phi) is 3.21. The average Bonchev–Trinajstić information content (AvgIpc) is 2.03. The number of nitro groups is 1. The Balaban J connectivity index is 3.13. The summed E-state index contributed by atoms with van der Waals surface area (Å²) in [5, 5.41) is 10.4. The lowest BCUT2D eigenvalue weighted by atomic mass is 10.1. The molecule has 2 N–H and O–H groups in total. The van der Waals surface area contributed by atoms with Gasteiger partial charge in [0.05, 0.1) is 4.92 Å². The van der Waals surface area contributed by atoms with Crippen LogP contribution in [0.3, 0.4) is 0 Å². The van der Waals surface area contributed by atoms with E-state index in [0.717, 1.165) is 9.13 Å². The largest absolute Gasteiger partial charge is 0.324 e. The maximum atomic E-state index is 10.4. The lowest BCUT2D eigenvalue weighted by molar-refractivity contribution is -0.385. The standard InChI is InChI=1S/C8H9IN2O2/c1-5(10)7-3-2-6(11(12)13)4-8(7)9/h2-5H,10H2,1H3/t5-/m1/s1. The normalized spacial score (nSPS) is 12.5. The van der Waals surface area contributed by atoms with E-state index in [2.05, 4.69) is 22.6 Å². The first-order valence-corrected chi connectivity index (χ1v) is 4.79. The quantitative estimate of drug-likeness (QED) is 0.516. The molecule has 0 heterocycles. The maximum Gasteiger partial charge on any atom is 0.270 e. The van der Waals surface area contributed by atoms with Gasteiger partial charge in [0.25, 0.3) is 5.69 Å². The highest BCUT2D eigenvalue weighted by Gasteiger charge is 2.10. The molecular weight excluding hydrogens is 283 g/mol. The first kappa shape index (κ1) is 10.4. The maximum absolute atomic E-state index is 10.4. The van der Waals surface area contributed by atoms with Gasteiger partial charge in [0.1, 0.15) is 0 Å². The number of rotatable bonds is 2. The number of hydrogen-bond acceptors (Lipinski definition) is 3. The van der Waals surface area contributed by atoms with Crippen molar-refractivity contribution in [1.82, 2.24) is 0 Å². The third kappa shape index (κ3) is 2.38. The number of benzene rings is 1. The molecule has 0 radical (unpaired) electrons. The highest BCUT2D eigenvalue weighted by atomic mass is 127. The Morgan fingerprint density at radius 1 is 1.62 bits per heavy atom. The van der Waals surface area contributed by atoms with Crippen molar-refractivity contribution in [2.24, 2.45) is 5.73 Å². The molecule has 0 aliphatic carbocycles. The first-order chi connectivity index (χ1) is 6.02. The fourth-order valence-electron chi connectivity index (χ4n) is 0.999. The molecule has 1 aromatic carbocycles. The van der Waals surface area contributed by atoms with Gasteiger partial charge in [0.2, 0.25) is 0 Å². The van der Waals surface area contributed by atoms with Gasteiger partial charge in [-0.1, -0.05) is 0 Å². The summed E-state index contributed by atoms with van der Waals surface area (Å²) in [6.45, 7) is 1.85. The van der Waals surface area contributed by atoms with E-state index in [-0.39, 0.29) is 11.7 Å². The Labute approximate surface area is 89.4 Å². The van der Waals surface area contributed by atoms with Crippen LogP contribution in [0.25, 0.3) is 0 Å². The van der Waals surface area contributed by atoms with E-state index < -0.39 is 4.92 Å². The van der Waals surface area contributed by atoms with Crippen LogP contribution in [0.5, 0.6) is 0 Å². The second kappa shape index (κ2) is 4.01. The molecule has 1 atom stereocenters. The van der Waals surface area contributed by atoms with E-state index in [4.69, 9.17) is 5.73 Å². The van der Waals surface area contributed by atoms with Crippen LogP contribution in [0.15, 0.2) is 18.2 Å². The minimum atomic E-state index is -0.410. The minimum absolute atomic E-state index is 0.0901. The number of hydrogen-bond donors (Lipinski definition) is 1. The third-order valence-electron chi connectivity index (χ3n) is 1.69. The van der Waals surface area contributed by atoms with Crippen LogP contribution in [0.4, 0.5) is 5.69 Å². The monoisotopic (exact) mass is 292 g/mol. The van der Waals surface area contributed by atoms with Crippen molar-refractivity contribution in [3.63, 3.8) is 0 Å². The molecule has 1 rings (SSSR count). The molecular formula is C8H9IN2O2. The molecule has 0 aliphatic heterocycles. The topological polar surface area (TPSA) is 69.2 Å². The SMILES string of the molecule is C[C@@H](N)c1ccc([N+](=O)[O-])cc1I. The average molecular weight is 292 g/mol. The molecule has 1 aromatic rings. The number of nitrogens with zero attached hydrogens (tertiary/aromatic N) is 1. The van der Waals surface area contributed by atoms with Gasteiger partial charge in [-0.05, 0) is 41.1 Å². The van der Waals surface area contributed by atoms with Gasteiger partial charge < -0.3 is 5.73 Å². The molecule has 0 saturated carbocycles. The van der Waals surface area contributed by atoms with Crippen molar-refractivity contribution in [2.45, 2.75) is 13.0 Å². The molecule has 5 heteroatoms. The molecule has 0 amide bonds. The van der Waals surface area contributed by atoms with Crippen molar-refractivity contribution >= 4 is 28.3 Å². The highest BCUT2D eigenvalue weighted by molar-refractivity contribution is 14.1. The number of non-ortho nitro benzene ring substituents is 1. The van der Waals surface area contributed by atoms with Crippen LogP contribution in [0, 0.1) is 13.7 Å². The van der Waals surface area contributed by atoms with Gasteiger partial charge >= 0.3 is 0 Å². The molecule has 0 aromatic heterocycles. The Morgan fingerprint density at radius 2 is 2.23 bits per heavy atom. The third-order valence-corrected chi connectivity index (χ3v) is 2.62. The summed E-state index contributed by atoms with van der Waals surface area (Å²) in [6, 6.07) is 4.61. The van der Waals surface area contributed by atoms with Gasteiger partial charge in [-0.3, -0.25) is 10.1 Å². The lowest BCUT2D eigenvalue weighted by Gasteiger charge is -2.07. The van der Waals surface area contributed by atoms with E-state index >= 15 is 0 Å². The van der Waals surface area contributed by atoms with Crippen LogP contribution >= 0.6 is 22.6 Å². The molecule has 0 spiro atoms. The van der Waals surface area contributed by atoms with Crippen LogP contribution in [-0.4, -0.2) is 4.92 Å². The minimum Gasteiger partial charge on any atom is -0.324 e. The zero-order valence-corrected chi connectivity index (χ0v) is 9.19. The molecule has 0 fully saturated rings. The van der Waals surface area contributed by atoms with E-state index in [1.54, 1.807) is 6.07 Å². The molecule has 13 heavy (non-hydrogen) atoms. The van der Waals surface area contributed by atoms with Gasteiger partial charge in [0.15, 0.2) is 0 Å². The van der Waals surface area contributed by atoms with Gasteiger partial charge in [0, 0.05) is 21.7 Å². The highest BCUT2D eigenvalue weighted by Crippen LogP contribution is 2.23. The number of halogens is 1. The van der Waals surface area contributed by atoms with Crippen LogP contribution in [-0.2, 0) is 0 Å². The van der Waals surface area contributed by atoms with Crippen molar-refractivity contribution in [2.75, 3.05) is 0 Å². The first-order valence-electron chi connectivity index (χ1n) is 3.72. The predicted octanol–water partition coefficient (Wildman–Crippen LogP) is 2.22. The zero-order valence-electron chi connectivity index (χ0n) is 7.03. The summed E-state index contributed by atoms with van der Waals surface area (Å²) < 4.78 is 0.835. The summed E-state index contributed by atoms with van der Waals surface area (Å²) in [6.07, 6.45) is 0. The summed E-state index contributed by atoms with van der Waals surface area (Å²) in [5.74, 6) is 0. The number of nitrogens with two attached hydrogens (primary N) is 1. The molecule has 4 nitrogen and oxygen atoms in total. The molecule has 0 saturated heterocycles. The fourth-order valence-corrected chi connectivity index (χ4v) is 1.99. The summed E-state index contributed by atoms with van der Waals surface area (Å²) >= 11 is 2.05. The second-order valence-electron chi connectivity index (χ2n) is 2.75. The van der Waals surface area contributed by atoms with E-state index in [1.807, 2.05) is 6.92 Å². The zero-order chi connectivity index (χ0) is 10.0. The van der Waals surface area contributed by atoms with Gasteiger partial charge in [-0.15, -0.1) is 0 Å². The van der Waals surface area contributed by atoms with Crippen molar-refractivity contribution in [3.8, 4) is 0 Å².